The minimum Gasteiger partial charge on any atom is -0.493 e. The maximum absolute atomic E-state index is 12.1. The molecule has 0 aromatic heterocycles. The van der Waals surface area contributed by atoms with E-state index in [1.54, 1.807) is 19.2 Å². The van der Waals surface area contributed by atoms with Crippen molar-refractivity contribution in [3.8, 4) is 17.6 Å². The highest BCUT2D eigenvalue weighted by molar-refractivity contribution is 8.13. The second-order valence-electron chi connectivity index (χ2n) is 5.97. The van der Waals surface area contributed by atoms with Gasteiger partial charge < -0.3 is 19.1 Å². The van der Waals surface area contributed by atoms with E-state index in [-0.39, 0.29) is 11.9 Å². The quantitative estimate of drug-likeness (QED) is 0.433. The van der Waals surface area contributed by atoms with Gasteiger partial charge in [0.2, 0.25) is 0 Å². The first-order valence-corrected chi connectivity index (χ1v) is 10.0. The Labute approximate surface area is 164 Å². The lowest BCUT2D eigenvalue weighted by Gasteiger charge is -2.33. The summed E-state index contributed by atoms with van der Waals surface area (Å²) in [5.74, 6) is 0.682. The van der Waals surface area contributed by atoms with Crippen LogP contribution in [0.15, 0.2) is 17.1 Å². The van der Waals surface area contributed by atoms with Gasteiger partial charge in [0.25, 0.3) is 0 Å². The van der Waals surface area contributed by atoms with Gasteiger partial charge in [0.1, 0.15) is 6.07 Å². The van der Waals surface area contributed by atoms with Crippen molar-refractivity contribution in [1.82, 2.24) is 4.90 Å². The van der Waals surface area contributed by atoms with Crippen LogP contribution < -0.4 is 9.47 Å². The van der Waals surface area contributed by atoms with Crippen LogP contribution in [0.2, 0.25) is 0 Å². The molecule has 0 amide bonds. The average molecular weight is 391 g/mol. The van der Waals surface area contributed by atoms with Gasteiger partial charge in [-0.15, -0.1) is 0 Å². The normalized spacial score (nSPS) is 17.2. The van der Waals surface area contributed by atoms with Crippen LogP contribution >= 0.6 is 11.8 Å². The van der Waals surface area contributed by atoms with Gasteiger partial charge >= 0.3 is 5.97 Å². The fourth-order valence-electron chi connectivity index (χ4n) is 3.00. The van der Waals surface area contributed by atoms with Crippen molar-refractivity contribution < 1.29 is 19.0 Å². The molecule has 0 spiro atoms. The molecule has 0 saturated carbocycles. The highest BCUT2D eigenvalue weighted by Gasteiger charge is 2.28. The molecular formula is C19H25N3O4S. The van der Waals surface area contributed by atoms with Gasteiger partial charge in [0, 0.05) is 25.2 Å². The molecule has 1 unspecified atom stereocenters. The van der Waals surface area contributed by atoms with E-state index in [0.717, 1.165) is 24.6 Å². The van der Waals surface area contributed by atoms with Crippen LogP contribution in [0.1, 0.15) is 25.3 Å². The number of carbonyl (C=O) groups is 1. The molecule has 1 aromatic rings. The summed E-state index contributed by atoms with van der Waals surface area (Å²) in [6, 6.07) is 5.47. The van der Waals surface area contributed by atoms with E-state index in [4.69, 9.17) is 19.2 Å². The van der Waals surface area contributed by atoms with Gasteiger partial charge in [0.15, 0.2) is 16.7 Å². The SMILES string of the molecule is CCOC(=O)C1CCCN(C(=Nc2cc(OC)c(OC)cc2C#N)SC)C1. The fourth-order valence-corrected chi connectivity index (χ4v) is 3.62. The summed E-state index contributed by atoms with van der Waals surface area (Å²) in [5, 5.41) is 10.2. The first kappa shape index (κ1) is 20.9. The van der Waals surface area contributed by atoms with E-state index in [2.05, 4.69) is 11.0 Å². The Morgan fingerprint density at radius 3 is 2.67 bits per heavy atom. The predicted molar refractivity (Wildman–Crippen MR) is 106 cm³/mol. The zero-order chi connectivity index (χ0) is 19.8. The van der Waals surface area contributed by atoms with Crippen molar-refractivity contribution >= 4 is 28.6 Å². The van der Waals surface area contributed by atoms with Gasteiger partial charge in [-0.3, -0.25) is 4.79 Å². The number of amidine groups is 1. The largest absolute Gasteiger partial charge is 0.493 e. The van der Waals surface area contributed by atoms with Crippen LogP contribution in [0.4, 0.5) is 5.69 Å². The van der Waals surface area contributed by atoms with Gasteiger partial charge in [-0.2, -0.15) is 5.26 Å². The number of thioether (sulfide) groups is 1. The second-order valence-corrected chi connectivity index (χ2v) is 6.75. The lowest BCUT2D eigenvalue weighted by Crippen LogP contribution is -2.41. The number of ether oxygens (including phenoxy) is 3. The van der Waals surface area contributed by atoms with Crippen LogP contribution in [0.25, 0.3) is 0 Å². The van der Waals surface area contributed by atoms with Crippen LogP contribution in [0, 0.1) is 17.2 Å². The van der Waals surface area contributed by atoms with Gasteiger partial charge in [-0.05, 0) is 26.0 Å². The maximum Gasteiger partial charge on any atom is 0.310 e. The number of esters is 1. The van der Waals surface area contributed by atoms with Crippen LogP contribution in [-0.4, -0.2) is 56.2 Å². The number of rotatable bonds is 5. The molecule has 27 heavy (non-hydrogen) atoms. The average Bonchev–Trinajstić information content (AvgIpc) is 2.71. The summed E-state index contributed by atoms with van der Waals surface area (Å²) in [6.45, 7) is 3.57. The van der Waals surface area contributed by atoms with Crippen molar-refractivity contribution in [3.05, 3.63) is 17.7 Å². The zero-order valence-corrected chi connectivity index (χ0v) is 17.0. The smallest absolute Gasteiger partial charge is 0.310 e. The third kappa shape index (κ3) is 5.07. The Kier molecular flexibility index (Phi) is 7.80. The Morgan fingerprint density at radius 2 is 2.07 bits per heavy atom. The topological polar surface area (TPSA) is 84.2 Å². The molecule has 1 aliphatic heterocycles. The fraction of sp³-hybridized carbons (Fsp3) is 0.526. The zero-order valence-electron chi connectivity index (χ0n) is 16.2. The number of piperidine rings is 1. The van der Waals surface area contributed by atoms with Crippen molar-refractivity contribution in [2.24, 2.45) is 10.9 Å². The summed E-state index contributed by atoms with van der Waals surface area (Å²) < 4.78 is 15.7. The first-order chi connectivity index (χ1) is 13.1. The summed E-state index contributed by atoms with van der Waals surface area (Å²) in [4.78, 5) is 18.9. The number of hydrogen-bond acceptors (Lipinski definition) is 7. The van der Waals surface area contributed by atoms with Crippen LogP contribution in [-0.2, 0) is 9.53 Å². The Bertz CT molecular complexity index is 745. The van der Waals surface area contributed by atoms with Gasteiger partial charge in [-0.1, -0.05) is 11.8 Å². The standard InChI is InChI=1S/C19H25N3O4S/c1-5-26-18(23)13-7-6-8-22(12-13)19(27-4)21-15-10-17(25-3)16(24-2)9-14(15)11-20/h9-10,13H,5-8,12H2,1-4H3. The molecule has 8 heteroatoms. The number of benzene rings is 1. The van der Waals surface area contributed by atoms with E-state index in [9.17, 15) is 10.1 Å². The lowest BCUT2D eigenvalue weighted by atomic mass is 9.99. The molecule has 0 N–H and O–H groups in total. The molecule has 146 valence electrons. The third-order valence-electron chi connectivity index (χ3n) is 4.33. The minimum absolute atomic E-state index is 0.156. The van der Waals surface area contributed by atoms with E-state index in [1.807, 2.05) is 13.2 Å². The summed E-state index contributed by atoms with van der Waals surface area (Å²) in [6.07, 6.45) is 3.64. The third-order valence-corrected chi connectivity index (χ3v) is 5.05. The summed E-state index contributed by atoms with van der Waals surface area (Å²) in [5.41, 5.74) is 0.913. The van der Waals surface area contributed by atoms with E-state index in [0.29, 0.717) is 35.9 Å². The Balaban J connectivity index is 2.32. The molecule has 1 atom stereocenters. The highest BCUT2D eigenvalue weighted by Crippen LogP contribution is 2.35. The lowest BCUT2D eigenvalue weighted by molar-refractivity contribution is -0.149. The molecule has 1 heterocycles. The minimum atomic E-state index is -0.161. The van der Waals surface area contributed by atoms with E-state index < -0.39 is 0 Å². The molecule has 1 aliphatic rings. The number of carbonyl (C=O) groups excluding carboxylic acids is 1. The van der Waals surface area contributed by atoms with Gasteiger partial charge in [-0.25, -0.2) is 4.99 Å². The van der Waals surface area contributed by atoms with E-state index >= 15 is 0 Å². The van der Waals surface area contributed by atoms with Gasteiger partial charge in [0.05, 0.1) is 38.0 Å². The Morgan fingerprint density at radius 1 is 1.37 bits per heavy atom. The molecule has 7 nitrogen and oxygen atoms in total. The number of nitrogens with zero attached hydrogens (tertiary/aromatic N) is 3. The van der Waals surface area contributed by atoms with Crippen molar-refractivity contribution in [1.29, 1.82) is 5.26 Å². The van der Waals surface area contributed by atoms with Crippen molar-refractivity contribution in [2.75, 3.05) is 40.2 Å². The number of hydrogen-bond donors (Lipinski definition) is 0. The summed E-state index contributed by atoms with van der Waals surface area (Å²) >= 11 is 1.48. The molecular weight excluding hydrogens is 366 g/mol. The molecule has 2 rings (SSSR count). The molecule has 1 saturated heterocycles. The number of aliphatic imine (C=N–C) groups is 1. The molecule has 0 radical (unpaired) electrons. The molecule has 0 bridgehead atoms. The Hall–Kier alpha value is -2.40. The molecule has 0 aliphatic carbocycles. The van der Waals surface area contributed by atoms with Crippen molar-refractivity contribution in [2.45, 2.75) is 19.8 Å². The summed E-state index contributed by atoms with van der Waals surface area (Å²) in [7, 11) is 3.07. The maximum atomic E-state index is 12.1. The molecule has 1 fully saturated rings. The van der Waals surface area contributed by atoms with Crippen LogP contribution in [0.5, 0.6) is 11.5 Å². The first-order valence-electron chi connectivity index (χ1n) is 8.78. The monoisotopic (exact) mass is 391 g/mol. The number of likely N-dealkylation sites (tertiary alicyclic amines) is 1. The predicted octanol–water partition coefficient (Wildman–Crippen LogP) is 3.20. The molecule has 1 aromatic carbocycles. The van der Waals surface area contributed by atoms with Crippen molar-refractivity contribution in [3.63, 3.8) is 0 Å². The number of nitriles is 1. The number of methoxy groups -OCH3 is 2. The highest BCUT2D eigenvalue weighted by atomic mass is 32.2. The second kappa shape index (κ2) is 10.1. The van der Waals surface area contributed by atoms with Crippen LogP contribution in [0.3, 0.4) is 0 Å². The van der Waals surface area contributed by atoms with E-state index in [1.165, 1.54) is 18.9 Å².